The van der Waals surface area contributed by atoms with Crippen molar-refractivity contribution in [3.8, 4) is 0 Å². The Morgan fingerprint density at radius 2 is 2.00 bits per heavy atom. The molecule has 0 atom stereocenters. The largest absolute Gasteiger partial charge is 0.462 e. The average molecular weight is 450 g/mol. The maximum Gasteiger partial charge on any atom is 0.341 e. The topological polar surface area (TPSA) is 80.0 Å². The number of rotatable bonds is 5. The second kappa shape index (κ2) is 8.68. The van der Waals surface area contributed by atoms with E-state index in [0.717, 1.165) is 48.5 Å². The minimum absolute atomic E-state index is 0.0489. The first-order chi connectivity index (χ1) is 15.6. The van der Waals surface area contributed by atoms with E-state index in [4.69, 9.17) is 4.74 Å². The lowest BCUT2D eigenvalue weighted by atomic mass is 10.1. The number of ether oxygens (including phenoxy) is 1. The summed E-state index contributed by atoms with van der Waals surface area (Å²) in [5.41, 5.74) is 2.97. The number of fused-ring (bicyclic) bond motifs is 2. The summed E-state index contributed by atoms with van der Waals surface area (Å²) >= 11 is 1.46. The molecule has 0 radical (unpaired) electrons. The van der Waals surface area contributed by atoms with Crippen molar-refractivity contribution in [1.29, 1.82) is 0 Å². The highest BCUT2D eigenvalue weighted by Gasteiger charge is 2.25. The van der Waals surface area contributed by atoms with E-state index in [1.807, 2.05) is 29.6 Å². The monoisotopic (exact) mass is 449 g/mol. The quantitative estimate of drug-likeness (QED) is 0.434. The lowest BCUT2D eigenvalue weighted by molar-refractivity contribution is 0.0526. The third kappa shape index (κ3) is 3.85. The molecule has 8 nitrogen and oxygen atoms in total. The third-order valence-electron chi connectivity index (χ3n) is 5.67. The molecule has 0 bridgehead atoms. The number of hydrogen-bond donors (Lipinski definition) is 0. The Hall–Kier alpha value is -3.30. The van der Waals surface area contributed by atoms with Crippen LogP contribution in [0.1, 0.15) is 23.0 Å². The van der Waals surface area contributed by atoms with Crippen LogP contribution >= 0.6 is 11.3 Å². The van der Waals surface area contributed by atoms with Gasteiger partial charge < -0.3 is 9.64 Å². The summed E-state index contributed by atoms with van der Waals surface area (Å²) in [6, 6.07) is 9.47. The number of aromatic nitrogens is 3. The average Bonchev–Trinajstić information content (AvgIpc) is 3.28. The number of hydrogen-bond acceptors (Lipinski definition) is 8. The number of para-hydroxylation sites is 1. The highest BCUT2D eigenvalue weighted by Crippen LogP contribution is 2.31. The predicted octanol–water partition coefficient (Wildman–Crippen LogP) is 2.80. The van der Waals surface area contributed by atoms with Gasteiger partial charge in [0.25, 0.3) is 5.56 Å². The molecule has 3 aromatic heterocycles. The van der Waals surface area contributed by atoms with Gasteiger partial charge in [-0.15, -0.1) is 11.3 Å². The molecular formula is C23H23N5O3S. The molecular weight excluding hydrogens is 426 g/mol. The Balaban J connectivity index is 1.38. The first-order valence-corrected chi connectivity index (χ1v) is 11.5. The second-order valence-corrected chi connectivity index (χ2v) is 8.54. The van der Waals surface area contributed by atoms with Crippen molar-refractivity contribution < 1.29 is 9.53 Å². The zero-order chi connectivity index (χ0) is 22.1. The summed E-state index contributed by atoms with van der Waals surface area (Å²) in [6.45, 7) is 5.84. The normalized spacial score (nSPS) is 14.8. The van der Waals surface area contributed by atoms with E-state index in [1.54, 1.807) is 29.8 Å². The number of esters is 1. The van der Waals surface area contributed by atoms with Gasteiger partial charge in [0.2, 0.25) is 0 Å². The fourth-order valence-corrected chi connectivity index (χ4v) is 4.89. The van der Waals surface area contributed by atoms with Crippen LogP contribution in [0.2, 0.25) is 0 Å². The molecule has 4 heterocycles. The van der Waals surface area contributed by atoms with Gasteiger partial charge in [0.15, 0.2) is 4.96 Å². The van der Waals surface area contributed by atoms with Gasteiger partial charge in [-0.1, -0.05) is 18.2 Å². The maximum atomic E-state index is 12.6. The molecule has 0 saturated carbocycles. The Morgan fingerprint density at radius 1 is 1.19 bits per heavy atom. The van der Waals surface area contributed by atoms with Gasteiger partial charge in [-0.2, -0.15) is 0 Å². The molecule has 1 aliphatic heterocycles. The van der Waals surface area contributed by atoms with Gasteiger partial charge in [0.05, 0.1) is 23.5 Å². The van der Waals surface area contributed by atoms with Crippen molar-refractivity contribution >= 4 is 38.9 Å². The Bertz CT molecular complexity index is 1340. The molecule has 164 valence electrons. The molecule has 1 aliphatic rings. The van der Waals surface area contributed by atoms with E-state index in [0.29, 0.717) is 23.7 Å². The van der Waals surface area contributed by atoms with Crippen LogP contribution in [-0.4, -0.2) is 58.0 Å². The maximum absolute atomic E-state index is 12.6. The van der Waals surface area contributed by atoms with Gasteiger partial charge in [0.1, 0.15) is 5.56 Å². The van der Waals surface area contributed by atoms with Crippen molar-refractivity contribution in [2.75, 3.05) is 37.7 Å². The van der Waals surface area contributed by atoms with Crippen LogP contribution in [0.15, 0.2) is 52.9 Å². The summed E-state index contributed by atoms with van der Waals surface area (Å²) in [5.74, 6) is -0.350. The molecule has 5 rings (SSSR count). The van der Waals surface area contributed by atoms with Crippen LogP contribution < -0.4 is 10.5 Å². The molecule has 1 saturated heterocycles. The molecule has 0 spiro atoms. The number of anilines is 1. The van der Waals surface area contributed by atoms with Crippen molar-refractivity contribution in [1.82, 2.24) is 19.3 Å². The van der Waals surface area contributed by atoms with E-state index in [1.165, 1.54) is 11.3 Å². The minimum atomic E-state index is -0.350. The fourth-order valence-electron chi connectivity index (χ4n) is 4.15. The van der Waals surface area contributed by atoms with Crippen LogP contribution in [0.5, 0.6) is 0 Å². The molecule has 4 aromatic rings. The summed E-state index contributed by atoms with van der Waals surface area (Å²) in [4.78, 5) is 39.2. The van der Waals surface area contributed by atoms with Crippen molar-refractivity contribution in [3.05, 3.63) is 69.7 Å². The van der Waals surface area contributed by atoms with Crippen molar-refractivity contribution in [3.63, 3.8) is 0 Å². The van der Waals surface area contributed by atoms with Gasteiger partial charge in [-0.3, -0.25) is 19.1 Å². The highest BCUT2D eigenvalue weighted by atomic mass is 32.1. The zero-order valence-electron chi connectivity index (χ0n) is 17.7. The van der Waals surface area contributed by atoms with Gasteiger partial charge >= 0.3 is 5.97 Å². The molecule has 1 fully saturated rings. The fraction of sp³-hybridized carbons (Fsp3) is 0.304. The van der Waals surface area contributed by atoms with E-state index in [-0.39, 0.29) is 11.5 Å². The SMILES string of the molecule is CCOC(=O)c1cnc2ccccc2c1N1CCN(Cc2cc(=O)n3ccsc3n2)CC1. The van der Waals surface area contributed by atoms with Crippen LogP contribution in [-0.2, 0) is 11.3 Å². The molecule has 1 aromatic carbocycles. The summed E-state index contributed by atoms with van der Waals surface area (Å²) in [6.07, 6.45) is 3.37. The van der Waals surface area contributed by atoms with Crippen LogP contribution in [0, 0.1) is 0 Å². The number of benzene rings is 1. The number of thiazole rings is 1. The Kier molecular flexibility index (Phi) is 5.59. The number of carbonyl (C=O) groups excluding carboxylic acids is 1. The number of piperazine rings is 1. The molecule has 32 heavy (non-hydrogen) atoms. The first kappa shape index (κ1) is 20.6. The van der Waals surface area contributed by atoms with Gasteiger partial charge in [-0.25, -0.2) is 9.78 Å². The smallest absolute Gasteiger partial charge is 0.341 e. The van der Waals surface area contributed by atoms with E-state index in [2.05, 4.69) is 19.8 Å². The summed E-state index contributed by atoms with van der Waals surface area (Å²) < 4.78 is 6.86. The lowest BCUT2D eigenvalue weighted by Crippen LogP contribution is -2.46. The Morgan fingerprint density at radius 3 is 2.81 bits per heavy atom. The number of pyridine rings is 1. The first-order valence-electron chi connectivity index (χ1n) is 10.6. The predicted molar refractivity (Wildman–Crippen MR) is 125 cm³/mol. The van der Waals surface area contributed by atoms with Crippen LogP contribution in [0.4, 0.5) is 5.69 Å². The molecule has 9 heteroatoms. The molecule has 0 amide bonds. The van der Waals surface area contributed by atoms with Gasteiger partial charge in [0, 0.05) is 62.0 Å². The standard InChI is InChI=1S/C23H23N5O3S/c1-2-31-22(30)18-14-24-19-6-4-3-5-17(19)21(18)27-9-7-26(8-10-27)15-16-13-20(29)28-11-12-32-23(28)25-16/h3-6,11-14H,2,7-10,15H2,1H3. The van der Waals surface area contributed by atoms with Crippen molar-refractivity contribution in [2.45, 2.75) is 13.5 Å². The molecule has 0 aliphatic carbocycles. The third-order valence-corrected chi connectivity index (χ3v) is 6.43. The summed E-state index contributed by atoms with van der Waals surface area (Å²) in [5, 5.41) is 2.82. The molecule has 0 unspecified atom stereocenters. The zero-order valence-corrected chi connectivity index (χ0v) is 18.5. The van der Waals surface area contributed by atoms with E-state index >= 15 is 0 Å². The van der Waals surface area contributed by atoms with Crippen LogP contribution in [0.3, 0.4) is 0 Å². The summed E-state index contributed by atoms with van der Waals surface area (Å²) in [7, 11) is 0. The number of carbonyl (C=O) groups is 1. The van der Waals surface area contributed by atoms with Gasteiger partial charge in [-0.05, 0) is 13.0 Å². The number of nitrogens with zero attached hydrogens (tertiary/aromatic N) is 5. The second-order valence-electron chi connectivity index (χ2n) is 7.66. The highest BCUT2D eigenvalue weighted by molar-refractivity contribution is 7.15. The van der Waals surface area contributed by atoms with E-state index < -0.39 is 0 Å². The minimum Gasteiger partial charge on any atom is -0.462 e. The van der Waals surface area contributed by atoms with Crippen molar-refractivity contribution in [2.24, 2.45) is 0 Å². The van der Waals surface area contributed by atoms with E-state index in [9.17, 15) is 9.59 Å². The Labute approximate surface area is 188 Å². The lowest BCUT2D eigenvalue weighted by Gasteiger charge is -2.37. The van der Waals surface area contributed by atoms with Crippen LogP contribution in [0.25, 0.3) is 15.9 Å². The molecule has 0 N–H and O–H groups in total.